The first-order valence-electron chi connectivity index (χ1n) is 6.38. The minimum absolute atomic E-state index is 0.317. The normalized spacial score (nSPS) is 24.8. The molecule has 0 amide bonds. The van der Waals surface area contributed by atoms with E-state index < -0.39 is 0 Å². The van der Waals surface area contributed by atoms with E-state index in [0.29, 0.717) is 18.6 Å². The maximum absolute atomic E-state index is 9.35. The second-order valence-corrected chi connectivity index (χ2v) is 5.76. The summed E-state index contributed by atoms with van der Waals surface area (Å²) in [5.41, 5.74) is 1.30. The van der Waals surface area contributed by atoms with Crippen LogP contribution in [0, 0.1) is 5.92 Å². The zero-order chi connectivity index (χ0) is 12.1. The summed E-state index contributed by atoms with van der Waals surface area (Å²) in [7, 11) is 0. The number of nitrogens with one attached hydrogen (secondary N) is 1. The SMILES string of the molecule is OCC1CCCCC1NCc1ccc(Br)cc1. The van der Waals surface area contributed by atoms with E-state index in [1.165, 1.54) is 24.8 Å². The number of aliphatic hydroxyl groups is 1. The summed E-state index contributed by atoms with van der Waals surface area (Å²) >= 11 is 3.44. The quantitative estimate of drug-likeness (QED) is 0.895. The maximum atomic E-state index is 9.35. The van der Waals surface area contributed by atoms with Crippen LogP contribution in [-0.2, 0) is 6.54 Å². The first-order chi connectivity index (χ1) is 8.29. The predicted molar refractivity (Wildman–Crippen MR) is 73.8 cm³/mol. The van der Waals surface area contributed by atoms with Crippen molar-refractivity contribution in [1.29, 1.82) is 0 Å². The Morgan fingerprint density at radius 2 is 1.88 bits per heavy atom. The molecule has 3 heteroatoms. The zero-order valence-electron chi connectivity index (χ0n) is 10.0. The van der Waals surface area contributed by atoms with Gasteiger partial charge in [0.25, 0.3) is 0 Å². The van der Waals surface area contributed by atoms with E-state index in [1.807, 2.05) is 0 Å². The van der Waals surface area contributed by atoms with Crippen molar-refractivity contribution in [1.82, 2.24) is 5.32 Å². The molecule has 17 heavy (non-hydrogen) atoms. The molecule has 1 aliphatic carbocycles. The van der Waals surface area contributed by atoms with Gasteiger partial charge in [0.2, 0.25) is 0 Å². The van der Waals surface area contributed by atoms with Gasteiger partial charge in [-0.2, -0.15) is 0 Å². The average Bonchev–Trinajstić information content (AvgIpc) is 2.38. The van der Waals surface area contributed by atoms with Gasteiger partial charge in [-0.15, -0.1) is 0 Å². The summed E-state index contributed by atoms with van der Waals surface area (Å²) in [5, 5.41) is 12.9. The van der Waals surface area contributed by atoms with Crippen molar-refractivity contribution in [2.45, 2.75) is 38.3 Å². The zero-order valence-corrected chi connectivity index (χ0v) is 11.6. The summed E-state index contributed by atoms with van der Waals surface area (Å²) in [6.45, 7) is 1.21. The third-order valence-corrected chi connectivity index (χ3v) is 4.15. The standard InChI is InChI=1S/C14H20BrNO/c15-13-7-5-11(6-8-13)9-16-14-4-2-1-3-12(14)10-17/h5-8,12,14,16-17H,1-4,9-10H2. The molecule has 0 radical (unpaired) electrons. The van der Waals surface area contributed by atoms with Gasteiger partial charge in [-0.05, 0) is 36.5 Å². The fourth-order valence-corrected chi connectivity index (χ4v) is 2.81. The Labute approximate surface area is 112 Å². The topological polar surface area (TPSA) is 32.3 Å². The Bertz CT molecular complexity index is 339. The highest BCUT2D eigenvalue weighted by Crippen LogP contribution is 2.24. The van der Waals surface area contributed by atoms with E-state index in [4.69, 9.17) is 0 Å². The molecule has 1 aliphatic rings. The van der Waals surface area contributed by atoms with Crippen LogP contribution in [0.25, 0.3) is 0 Å². The van der Waals surface area contributed by atoms with Gasteiger partial charge in [0.1, 0.15) is 0 Å². The first-order valence-corrected chi connectivity index (χ1v) is 7.17. The Morgan fingerprint density at radius 1 is 1.18 bits per heavy atom. The lowest BCUT2D eigenvalue weighted by molar-refractivity contribution is 0.152. The smallest absolute Gasteiger partial charge is 0.0474 e. The van der Waals surface area contributed by atoms with Gasteiger partial charge < -0.3 is 10.4 Å². The van der Waals surface area contributed by atoms with Gasteiger partial charge in [-0.3, -0.25) is 0 Å². The van der Waals surface area contributed by atoms with E-state index in [-0.39, 0.29) is 0 Å². The van der Waals surface area contributed by atoms with Crippen molar-refractivity contribution in [2.24, 2.45) is 5.92 Å². The molecule has 0 heterocycles. The van der Waals surface area contributed by atoms with Crippen LogP contribution >= 0.6 is 15.9 Å². The molecule has 0 aromatic heterocycles. The van der Waals surface area contributed by atoms with Crippen molar-refractivity contribution >= 4 is 15.9 Å². The van der Waals surface area contributed by atoms with Crippen LogP contribution in [-0.4, -0.2) is 17.8 Å². The second-order valence-electron chi connectivity index (χ2n) is 4.84. The van der Waals surface area contributed by atoms with Crippen molar-refractivity contribution in [3.05, 3.63) is 34.3 Å². The Morgan fingerprint density at radius 3 is 2.59 bits per heavy atom. The average molecular weight is 298 g/mol. The van der Waals surface area contributed by atoms with Crippen LogP contribution < -0.4 is 5.32 Å². The number of rotatable bonds is 4. The Balaban J connectivity index is 1.86. The van der Waals surface area contributed by atoms with Gasteiger partial charge in [0.15, 0.2) is 0 Å². The summed E-state index contributed by atoms with van der Waals surface area (Å²) in [5.74, 6) is 0.444. The summed E-state index contributed by atoms with van der Waals surface area (Å²) in [4.78, 5) is 0. The molecule has 2 rings (SSSR count). The van der Waals surface area contributed by atoms with Crippen molar-refractivity contribution < 1.29 is 5.11 Å². The highest BCUT2D eigenvalue weighted by atomic mass is 79.9. The molecular formula is C14H20BrNO. The molecule has 2 N–H and O–H groups in total. The van der Waals surface area contributed by atoms with Crippen LogP contribution in [0.1, 0.15) is 31.2 Å². The van der Waals surface area contributed by atoms with Crippen molar-refractivity contribution in [2.75, 3.05) is 6.61 Å². The molecule has 94 valence electrons. The number of hydrogen-bond acceptors (Lipinski definition) is 2. The first kappa shape index (κ1) is 13.1. The third-order valence-electron chi connectivity index (χ3n) is 3.63. The molecule has 0 aliphatic heterocycles. The molecule has 1 aromatic rings. The van der Waals surface area contributed by atoms with E-state index in [2.05, 4.69) is 45.5 Å². The number of halogens is 1. The molecule has 1 saturated carbocycles. The van der Waals surface area contributed by atoms with Crippen LogP contribution in [0.5, 0.6) is 0 Å². The molecule has 0 saturated heterocycles. The molecular weight excluding hydrogens is 278 g/mol. The van der Waals surface area contributed by atoms with Crippen LogP contribution in [0.2, 0.25) is 0 Å². The number of aliphatic hydroxyl groups excluding tert-OH is 1. The van der Waals surface area contributed by atoms with Crippen LogP contribution in [0.3, 0.4) is 0 Å². The van der Waals surface area contributed by atoms with Gasteiger partial charge in [-0.25, -0.2) is 0 Å². The highest BCUT2D eigenvalue weighted by molar-refractivity contribution is 9.10. The minimum atomic E-state index is 0.317. The monoisotopic (exact) mass is 297 g/mol. The fraction of sp³-hybridized carbons (Fsp3) is 0.571. The lowest BCUT2D eigenvalue weighted by Crippen LogP contribution is -2.39. The second kappa shape index (κ2) is 6.53. The molecule has 2 nitrogen and oxygen atoms in total. The van der Waals surface area contributed by atoms with Gasteiger partial charge in [-0.1, -0.05) is 40.9 Å². The summed E-state index contributed by atoms with van der Waals surface area (Å²) in [6, 6.07) is 8.89. The molecule has 0 bridgehead atoms. The third kappa shape index (κ3) is 3.80. The van der Waals surface area contributed by atoms with Crippen molar-refractivity contribution in [3.8, 4) is 0 Å². The molecule has 1 fully saturated rings. The van der Waals surface area contributed by atoms with Crippen LogP contribution in [0.4, 0.5) is 0 Å². The Hall–Kier alpha value is -0.380. The van der Waals surface area contributed by atoms with E-state index in [1.54, 1.807) is 0 Å². The lowest BCUT2D eigenvalue weighted by Gasteiger charge is -2.31. The van der Waals surface area contributed by atoms with Gasteiger partial charge >= 0.3 is 0 Å². The largest absolute Gasteiger partial charge is 0.396 e. The van der Waals surface area contributed by atoms with Crippen LogP contribution in [0.15, 0.2) is 28.7 Å². The highest BCUT2D eigenvalue weighted by Gasteiger charge is 2.23. The predicted octanol–water partition coefficient (Wildman–Crippen LogP) is 3.09. The molecule has 1 aromatic carbocycles. The summed E-state index contributed by atoms with van der Waals surface area (Å²) < 4.78 is 1.12. The maximum Gasteiger partial charge on any atom is 0.0474 e. The fourth-order valence-electron chi connectivity index (χ4n) is 2.55. The van der Waals surface area contributed by atoms with E-state index >= 15 is 0 Å². The van der Waals surface area contributed by atoms with Gasteiger partial charge in [0.05, 0.1) is 0 Å². The number of benzene rings is 1. The van der Waals surface area contributed by atoms with Crippen molar-refractivity contribution in [3.63, 3.8) is 0 Å². The Kier molecular flexibility index (Phi) is 5.01. The molecule has 2 atom stereocenters. The summed E-state index contributed by atoms with van der Waals surface area (Å²) in [6.07, 6.45) is 4.91. The molecule has 0 spiro atoms. The molecule has 2 unspecified atom stereocenters. The van der Waals surface area contributed by atoms with Gasteiger partial charge in [0, 0.05) is 23.7 Å². The van der Waals surface area contributed by atoms with E-state index in [9.17, 15) is 5.11 Å². The minimum Gasteiger partial charge on any atom is -0.396 e. The van der Waals surface area contributed by atoms with E-state index in [0.717, 1.165) is 17.4 Å². The lowest BCUT2D eigenvalue weighted by atomic mass is 9.85. The number of hydrogen-bond donors (Lipinski definition) is 2.